The molecule has 0 aliphatic heterocycles. The maximum atomic E-state index is 4.41. The molecule has 2 aromatic heterocycles. The highest BCUT2D eigenvalue weighted by Crippen LogP contribution is 2.19. The summed E-state index contributed by atoms with van der Waals surface area (Å²) in [7, 11) is 0. The Labute approximate surface area is 98.9 Å². The van der Waals surface area contributed by atoms with E-state index in [9.17, 15) is 0 Å². The highest BCUT2D eigenvalue weighted by Gasteiger charge is 2.07. The molecule has 0 spiro atoms. The monoisotopic (exact) mass is 234 g/mol. The van der Waals surface area contributed by atoms with Crippen LogP contribution in [-0.4, -0.2) is 26.2 Å². The molecule has 2 rings (SSSR count). The van der Waals surface area contributed by atoms with Gasteiger partial charge in [0.2, 0.25) is 0 Å². The molecule has 0 amide bonds. The van der Waals surface area contributed by atoms with Gasteiger partial charge in [-0.3, -0.25) is 0 Å². The van der Waals surface area contributed by atoms with E-state index in [0.29, 0.717) is 5.92 Å². The van der Waals surface area contributed by atoms with E-state index in [1.165, 1.54) is 11.8 Å². The van der Waals surface area contributed by atoms with E-state index in [-0.39, 0.29) is 0 Å². The number of hydrogen-bond acceptors (Lipinski definition) is 4. The molecule has 0 saturated carbocycles. The van der Waals surface area contributed by atoms with E-state index >= 15 is 0 Å². The van der Waals surface area contributed by atoms with E-state index in [4.69, 9.17) is 0 Å². The fourth-order valence-corrected chi connectivity index (χ4v) is 1.71. The molecule has 0 aliphatic carbocycles. The van der Waals surface area contributed by atoms with Gasteiger partial charge in [-0.25, -0.2) is 15.0 Å². The quantitative estimate of drug-likeness (QED) is 0.655. The fourth-order valence-electron chi connectivity index (χ4n) is 1.35. The third-order valence-electron chi connectivity index (χ3n) is 2.23. The summed E-state index contributed by atoms with van der Waals surface area (Å²) in [5.74, 6) is 1.38. The summed E-state index contributed by atoms with van der Waals surface area (Å²) >= 11 is 1.53. The Kier molecular flexibility index (Phi) is 3.24. The molecule has 4 nitrogen and oxygen atoms in total. The summed E-state index contributed by atoms with van der Waals surface area (Å²) in [6.45, 7) is 4.21. The normalized spacial score (nSPS) is 11.0. The van der Waals surface area contributed by atoms with Gasteiger partial charge in [-0.2, -0.15) is 0 Å². The topological polar surface area (TPSA) is 54.5 Å². The molecule has 84 valence electrons. The van der Waals surface area contributed by atoms with Crippen LogP contribution in [0.1, 0.15) is 25.6 Å². The fraction of sp³-hybridized carbons (Fsp3) is 0.364. The van der Waals surface area contributed by atoms with Crippen LogP contribution >= 0.6 is 11.8 Å². The molecule has 0 fully saturated rings. The van der Waals surface area contributed by atoms with Crippen LogP contribution in [0, 0.1) is 0 Å². The van der Waals surface area contributed by atoms with Gasteiger partial charge in [0.05, 0.1) is 17.6 Å². The molecule has 1 N–H and O–H groups in total. The summed E-state index contributed by atoms with van der Waals surface area (Å²) in [6.07, 6.45) is 5.55. The van der Waals surface area contributed by atoms with Crippen molar-refractivity contribution in [2.45, 2.75) is 24.9 Å². The van der Waals surface area contributed by atoms with Crippen LogP contribution in [0.3, 0.4) is 0 Å². The smallest absolute Gasteiger partial charge is 0.187 e. The maximum absolute atomic E-state index is 4.41. The Balaban J connectivity index is 2.34. The first-order valence-electron chi connectivity index (χ1n) is 5.13. The molecule has 0 bridgehead atoms. The number of aromatic nitrogens is 4. The van der Waals surface area contributed by atoms with Crippen molar-refractivity contribution in [2.24, 2.45) is 0 Å². The van der Waals surface area contributed by atoms with Gasteiger partial charge in [0, 0.05) is 12.1 Å². The average Bonchev–Trinajstić information content (AvgIpc) is 2.78. The van der Waals surface area contributed by atoms with Crippen molar-refractivity contribution in [3.8, 4) is 11.4 Å². The first-order valence-corrected chi connectivity index (χ1v) is 6.35. The van der Waals surface area contributed by atoms with Crippen molar-refractivity contribution in [1.29, 1.82) is 0 Å². The SMILES string of the molecule is CSc1nccc(-c2cnc(C(C)C)[nH]2)n1. The molecule has 0 atom stereocenters. The number of rotatable bonds is 3. The summed E-state index contributed by atoms with van der Waals surface area (Å²) < 4.78 is 0. The minimum Gasteiger partial charge on any atom is -0.341 e. The molecule has 0 radical (unpaired) electrons. The molecule has 2 heterocycles. The zero-order valence-corrected chi connectivity index (χ0v) is 10.4. The predicted molar refractivity (Wildman–Crippen MR) is 65.5 cm³/mol. The van der Waals surface area contributed by atoms with E-state index < -0.39 is 0 Å². The Morgan fingerprint density at radius 3 is 2.75 bits per heavy atom. The molecule has 0 aromatic carbocycles. The van der Waals surface area contributed by atoms with Crippen molar-refractivity contribution in [2.75, 3.05) is 6.26 Å². The van der Waals surface area contributed by atoms with Crippen molar-refractivity contribution < 1.29 is 0 Å². The molecular formula is C11H14N4S. The highest BCUT2D eigenvalue weighted by molar-refractivity contribution is 7.98. The highest BCUT2D eigenvalue weighted by atomic mass is 32.2. The minimum atomic E-state index is 0.399. The largest absolute Gasteiger partial charge is 0.341 e. The van der Waals surface area contributed by atoms with E-state index in [2.05, 4.69) is 33.8 Å². The Bertz CT molecular complexity index is 478. The number of imidazole rings is 1. The number of nitrogens with one attached hydrogen (secondary N) is 1. The van der Waals surface area contributed by atoms with Gasteiger partial charge >= 0.3 is 0 Å². The molecule has 0 saturated heterocycles. The van der Waals surface area contributed by atoms with Gasteiger partial charge < -0.3 is 4.98 Å². The minimum absolute atomic E-state index is 0.399. The van der Waals surface area contributed by atoms with Crippen LogP contribution in [0.5, 0.6) is 0 Å². The second-order valence-electron chi connectivity index (χ2n) is 3.77. The van der Waals surface area contributed by atoms with Crippen molar-refractivity contribution >= 4 is 11.8 Å². The first-order chi connectivity index (χ1) is 7.70. The Morgan fingerprint density at radius 2 is 2.12 bits per heavy atom. The zero-order valence-electron chi connectivity index (χ0n) is 9.56. The lowest BCUT2D eigenvalue weighted by Crippen LogP contribution is -1.91. The lowest BCUT2D eigenvalue weighted by atomic mass is 10.2. The number of thioether (sulfide) groups is 1. The van der Waals surface area contributed by atoms with Crippen molar-refractivity contribution in [3.05, 3.63) is 24.3 Å². The standard InChI is InChI=1S/C11H14N4S/c1-7(2)10-13-6-9(14-10)8-4-5-12-11(15-8)16-3/h4-7H,1-3H3,(H,13,14). The summed E-state index contributed by atoms with van der Waals surface area (Å²) in [5, 5.41) is 0.776. The number of hydrogen-bond donors (Lipinski definition) is 1. The zero-order chi connectivity index (χ0) is 11.5. The second-order valence-corrected chi connectivity index (χ2v) is 4.54. The number of H-pyrrole nitrogens is 1. The number of nitrogens with zero attached hydrogens (tertiary/aromatic N) is 3. The molecular weight excluding hydrogens is 220 g/mol. The van der Waals surface area contributed by atoms with E-state index in [0.717, 1.165) is 22.4 Å². The van der Waals surface area contributed by atoms with Crippen LogP contribution in [0.4, 0.5) is 0 Å². The molecule has 0 unspecified atom stereocenters. The molecule has 16 heavy (non-hydrogen) atoms. The van der Waals surface area contributed by atoms with Crippen LogP contribution in [0.15, 0.2) is 23.6 Å². The van der Waals surface area contributed by atoms with Gasteiger partial charge in [-0.15, -0.1) is 0 Å². The first kappa shape index (κ1) is 11.1. The third-order valence-corrected chi connectivity index (χ3v) is 2.80. The second kappa shape index (κ2) is 4.65. The van der Waals surface area contributed by atoms with Crippen molar-refractivity contribution in [1.82, 2.24) is 19.9 Å². The van der Waals surface area contributed by atoms with Crippen LogP contribution < -0.4 is 0 Å². The van der Waals surface area contributed by atoms with Gasteiger partial charge in [-0.1, -0.05) is 25.6 Å². The van der Waals surface area contributed by atoms with Crippen molar-refractivity contribution in [3.63, 3.8) is 0 Å². The van der Waals surface area contributed by atoms with Crippen LogP contribution in [0.25, 0.3) is 11.4 Å². The summed E-state index contributed by atoms with van der Waals surface area (Å²) in [4.78, 5) is 16.2. The molecule has 0 aliphatic rings. The van der Waals surface area contributed by atoms with Gasteiger partial charge in [0.25, 0.3) is 0 Å². The summed E-state index contributed by atoms with van der Waals surface area (Å²) in [5.41, 5.74) is 1.83. The average molecular weight is 234 g/mol. The van der Waals surface area contributed by atoms with Gasteiger partial charge in [-0.05, 0) is 12.3 Å². The van der Waals surface area contributed by atoms with E-state index in [1.807, 2.05) is 18.5 Å². The number of aromatic amines is 1. The van der Waals surface area contributed by atoms with Crippen LogP contribution in [0.2, 0.25) is 0 Å². The van der Waals surface area contributed by atoms with E-state index in [1.54, 1.807) is 6.20 Å². The van der Waals surface area contributed by atoms with Crippen LogP contribution in [-0.2, 0) is 0 Å². The summed E-state index contributed by atoms with van der Waals surface area (Å²) in [6, 6.07) is 1.89. The molecule has 2 aromatic rings. The predicted octanol–water partition coefficient (Wildman–Crippen LogP) is 2.71. The Hall–Kier alpha value is -1.36. The lowest BCUT2D eigenvalue weighted by molar-refractivity contribution is 0.794. The lowest BCUT2D eigenvalue weighted by Gasteiger charge is -2.00. The van der Waals surface area contributed by atoms with Gasteiger partial charge in [0.1, 0.15) is 5.82 Å². The van der Waals surface area contributed by atoms with Gasteiger partial charge in [0.15, 0.2) is 5.16 Å². The maximum Gasteiger partial charge on any atom is 0.187 e. The third kappa shape index (κ3) is 2.24. The molecule has 5 heteroatoms. The Morgan fingerprint density at radius 1 is 1.31 bits per heavy atom.